The van der Waals surface area contributed by atoms with Gasteiger partial charge in [-0.3, -0.25) is 0 Å². The van der Waals surface area contributed by atoms with E-state index in [1.807, 2.05) is 19.1 Å². The van der Waals surface area contributed by atoms with Crippen LogP contribution in [0.25, 0.3) is 0 Å². The van der Waals surface area contributed by atoms with Crippen LogP contribution in [0.15, 0.2) is 42.6 Å². The number of aromatic nitrogens is 1. The van der Waals surface area contributed by atoms with Crippen molar-refractivity contribution in [2.75, 3.05) is 5.32 Å². The van der Waals surface area contributed by atoms with Crippen molar-refractivity contribution in [3.8, 4) is 0 Å². The summed E-state index contributed by atoms with van der Waals surface area (Å²) in [5.41, 5.74) is 1.74. The first-order valence-corrected chi connectivity index (χ1v) is 5.66. The number of hydrogen-bond acceptors (Lipinski definition) is 2. The summed E-state index contributed by atoms with van der Waals surface area (Å²) in [7, 11) is 0. The van der Waals surface area contributed by atoms with Crippen LogP contribution in [0.1, 0.15) is 18.5 Å². The van der Waals surface area contributed by atoms with Gasteiger partial charge in [-0.15, -0.1) is 0 Å². The molecular formula is C13H12ClFN2. The number of pyridine rings is 1. The lowest BCUT2D eigenvalue weighted by Crippen LogP contribution is -2.06. The minimum atomic E-state index is -0.231. The highest BCUT2D eigenvalue weighted by molar-refractivity contribution is 6.29. The highest BCUT2D eigenvalue weighted by Crippen LogP contribution is 2.19. The second-order valence-corrected chi connectivity index (χ2v) is 4.18. The van der Waals surface area contributed by atoms with Gasteiger partial charge < -0.3 is 5.32 Å². The Hall–Kier alpha value is -1.61. The maximum atomic E-state index is 13.1. The van der Waals surface area contributed by atoms with Crippen molar-refractivity contribution in [1.29, 1.82) is 0 Å². The third-order valence-corrected chi connectivity index (χ3v) is 2.68. The molecule has 0 aliphatic heterocycles. The minimum absolute atomic E-state index is 0.00803. The molecule has 1 heterocycles. The lowest BCUT2D eigenvalue weighted by molar-refractivity contribution is 0.623. The average Bonchev–Trinajstić information content (AvgIpc) is 2.32. The lowest BCUT2D eigenvalue weighted by atomic mass is 10.1. The van der Waals surface area contributed by atoms with Gasteiger partial charge in [0, 0.05) is 6.04 Å². The monoisotopic (exact) mass is 250 g/mol. The van der Waals surface area contributed by atoms with Crippen molar-refractivity contribution in [2.45, 2.75) is 13.0 Å². The van der Waals surface area contributed by atoms with Gasteiger partial charge in [0.05, 0.1) is 11.9 Å². The molecule has 2 aromatic rings. The van der Waals surface area contributed by atoms with Gasteiger partial charge in [0.25, 0.3) is 0 Å². The van der Waals surface area contributed by atoms with Crippen molar-refractivity contribution >= 4 is 17.3 Å². The SMILES string of the molecule is CC(Nc1ccc(Cl)nc1)c1cccc(F)c1. The van der Waals surface area contributed by atoms with E-state index < -0.39 is 0 Å². The van der Waals surface area contributed by atoms with E-state index in [1.54, 1.807) is 18.3 Å². The molecule has 2 rings (SSSR count). The third-order valence-electron chi connectivity index (χ3n) is 2.46. The first-order valence-electron chi connectivity index (χ1n) is 5.29. The average molecular weight is 251 g/mol. The summed E-state index contributed by atoms with van der Waals surface area (Å²) < 4.78 is 13.1. The Labute approximate surface area is 104 Å². The molecular weight excluding hydrogens is 239 g/mol. The second kappa shape index (κ2) is 5.15. The maximum Gasteiger partial charge on any atom is 0.129 e. The molecule has 88 valence electrons. The molecule has 0 saturated carbocycles. The van der Waals surface area contributed by atoms with Crippen LogP contribution in [0.3, 0.4) is 0 Å². The van der Waals surface area contributed by atoms with E-state index in [0.717, 1.165) is 11.3 Å². The molecule has 17 heavy (non-hydrogen) atoms. The Balaban J connectivity index is 2.11. The minimum Gasteiger partial charge on any atom is -0.377 e. The standard InChI is InChI=1S/C13H12ClFN2/c1-9(10-3-2-4-11(15)7-10)17-12-5-6-13(14)16-8-12/h2-9,17H,1H3. The fourth-order valence-corrected chi connectivity index (χ4v) is 1.68. The molecule has 0 spiro atoms. The molecule has 2 nitrogen and oxygen atoms in total. The van der Waals surface area contributed by atoms with E-state index in [-0.39, 0.29) is 11.9 Å². The second-order valence-electron chi connectivity index (χ2n) is 3.79. The molecule has 1 unspecified atom stereocenters. The fraction of sp³-hybridized carbons (Fsp3) is 0.154. The molecule has 0 fully saturated rings. The fourth-order valence-electron chi connectivity index (χ4n) is 1.57. The van der Waals surface area contributed by atoms with Crippen LogP contribution in [0, 0.1) is 5.82 Å². The molecule has 4 heteroatoms. The largest absolute Gasteiger partial charge is 0.377 e. The smallest absolute Gasteiger partial charge is 0.129 e. The van der Waals surface area contributed by atoms with Crippen LogP contribution in [-0.4, -0.2) is 4.98 Å². The van der Waals surface area contributed by atoms with Gasteiger partial charge in [-0.1, -0.05) is 23.7 Å². The molecule has 1 aromatic carbocycles. The number of anilines is 1. The van der Waals surface area contributed by atoms with E-state index in [2.05, 4.69) is 10.3 Å². The van der Waals surface area contributed by atoms with Gasteiger partial charge in [0.15, 0.2) is 0 Å². The molecule has 0 amide bonds. The van der Waals surface area contributed by atoms with Crippen molar-refractivity contribution < 1.29 is 4.39 Å². The molecule has 0 aliphatic rings. The van der Waals surface area contributed by atoms with Crippen molar-refractivity contribution in [1.82, 2.24) is 4.98 Å². The van der Waals surface area contributed by atoms with Crippen molar-refractivity contribution in [2.24, 2.45) is 0 Å². The predicted octanol–water partition coefficient (Wildman–Crippen LogP) is 4.05. The first kappa shape index (κ1) is 11.9. The Kier molecular flexibility index (Phi) is 3.59. The topological polar surface area (TPSA) is 24.9 Å². The van der Waals surface area contributed by atoms with Gasteiger partial charge in [-0.2, -0.15) is 0 Å². The quantitative estimate of drug-likeness (QED) is 0.832. The number of nitrogens with one attached hydrogen (secondary N) is 1. The number of rotatable bonds is 3. The van der Waals surface area contributed by atoms with Gasteiger partial charge >= 0.3 is 0 Å². The van der Waals surface area contributed by atoms with E-state index in [1.165, 1.54) is 12.1 Å². The highest BCUT2D eigenvalue weighted by Gasteiger charge is 2.06. The first-order chi connectivity index (χ1) is 8.15. The third kappa shape index (κ3) is 3.17. The summed E-state index contributed by atoms with van der Waals surface area (Å²) in [6.45, 7) is 1.96. The van der Waals surface area contributed by atoms with Crippen LogP contribution >= 0.6 is 11.6 Å². The van der Waals surface area contributed by atoms with E-state index >= 15 is 0 Å². The van der Waals surface area contributed by atoms with Gasteiger partial charge in [-0.25, -0.2) is 9.37 Å². The molecule has 0 radical (unpaired) electrons. The number of halogens is 2. The van der Waals surface area contributed by atoms with E-state index in [9.17, 15) is 4.39 Å². The summed E-state index contributed by atoms with van der Waals surface area (Å²) in [4.78, 5) is 3.97. The number of benzene rings is 1. The van der Waals surface area contributed by atoms with E-state index in [4.69, 9.17) is 11.6 Å². The zero-order valence-corrected chi connectivity index (χ0v) is 10.1. The summed E-state index contributed by atoms with van der Waals surface area (Å²) in [5, 5.41) is 3.68. The number of nitrogens with zero attached hydrogens (tertiary/aromatic N) is 1. The highest BCUT2D eigenvalue weighted by atomic mass is 35.5. The Morgan fingerprint density at radius 1 is 1.29 bits per heavy atom. The molecule has 1 aromatic heterocycles. The summed E-state index contributed by atoms with van der Waals surface area (Å²) in [6.07, 6.45) is 1.65. The molecule has 0 saturated heterocycles. The number of hydrogen-bond donors (Lipinski definition) is 1. The Morgan fingerprint density at radius 3 is 2.76 bits per heavy atom. The van der Waals surface area contributed by atoms with Gasteiger partial charge in [0.2, 0.25) is 0 Å². The normalized spacial score (nSPS) is 12.2. The van der Waals surface area contributed by atoms with Crippen LogP contribution in [0.2, 0.25) is 5.15 Å². The molecule has 1 atom stereocenters. The maximum absolute atomic E-state index is 13.1. The summed E-state index contributed by atoms with van der Waals surface area (Å²) >= 11 is 5.70. The van der Waals surface area contributed by atoms with Crippen molar-refractivity contribution in [3.63, 3.8) is 0 Å². The van der Waals surface area contributed by atoms with Crippen LogP contribution in [0.5, 0.6) is 0 Å². The Morgan fingerprint density at radius 2 is 2.12 bits per heavy atom. The van der Waals surface area contributed by atoms with Crippen LogP contribution < -0.4 is 5.32 Å². The summed E-state index contributed by atoms with van der Waals surface area (Å²) in [6, 6.07) is 10.1. The van der Waals surface area contributed by atoms with Crippen LogP contribution in [-0.2, 0) is 0 Å². The van der Waals surface area contributed by atoms with Crippen molar-refractivity contribution in [3.05, 3.63) is 59.1 Å². The van der Waals surface area contributed by atoms with Gasteiger partial charge in [0.1, 0.15) is 11.0 Å². The molecule has 1 N–H and O–H groups in total. The summed E-state index contributed by atoms with van der Waals surface area (Å²) in [5.74, 6) is -0.231. The lowest BCUT2D eigenvalue weighted by Gasteiger charge is -2.15. The van der Waals surface area contributed by atoms with Gasteiger partial charge in [-0.05, 0) is 36.8 Å². The van der Waals surface area contributed by atoms with E-state index in [0.29, 0.717) is 5.15 Å². The zero-order valence-electron chi connectivity index (χ0n) is 9.32. The predicted molar refractivity (Wildman–Crippen MR) is 67.7 cm³/mol. The van der Waals surface area contributed by atoms with Crippen LogP contribution in [0.4, 0.5) is 10.1 Å². The molecule has 0 aliphatic carbocycles. The zero-order chi connectivity index (χ0) is 12.3. The Bertz CT molecular complexity index is 499. The molecule has 0 bridgehead atoms.